The molecule has 1 aromatic heterocycles. The minimum absolute atomic E-state index is 0.0485. The molecule has 4 heteroatoms. The Labute approximate surface area is 89.8 Å². The lowest BCUT2D eigenvalue weighted by Crippen LogP contribution is -2.26. The van der Waals surface area contributed by atoms with Crippen molar-refractivity contribution in [1.29, 1.82) is 0 Å². The maximum Gasteiger partial charge on any atom is 0.220 e. The van der Waals surface area contributed by atoms with Crippen LogP contribution in [0.15, 0.2) is 22.8 Å². The summed E-state index contributed by atoms with van der Waals surface area (Å²) in [7, 11) is 0. The number of nitrogens with one attached hydrogen (secondary N) is 1. The van der Waals surface area contributed by atoms with Crippen LogP contribution in [0.1, 0.15) is 38.0 Å². The fourth-order valence-corrected chi connectivity index (χ4v) is 1.35. The summed E-state index contributed by atoms with van der Waals surface area (Å²) in [5.74, 6) is 0.828. The highest BCUT2D eigenvalue weighted by molar-refractivity contribution is 5.76. The van der Waals surface area contributed by atoms with E-state index >= 15 is 0 Å². The molecule has 4 nitrogen and oxygen atoms in total. The highest BCUT2D eigenvalue weighted by Gasteiger charge is 2.10. The molecule has 1 heterocycles. The average Bonchev–Trinajstić information content (AvgIpc) is 2.70. The van der Waals surface area contributed by atoms with Crippen molar-refractivity contribution in [2.24, 2.45) is 5.73 Å². The van der Waals surface area contributed by atoms with Gasteiger partial charge in [0.15, 0.2) is 0 Å². The van der Waals surface area contributed by atoms with Crippen LogP contribution in [0.2, 0.25) is 0 Å². The summed E-state index contributed by atoms with van der Waals surface area (Å²) in [6, 6.07) is 3.60. The van der Waals surface area contributed by atoms with Gasteiger partial charge >= 0.3 is 0 Å². The summed E-state index contributed by atoms with van der Waals surface area (Å²) in [6.45, 7) is 2.54. The standard InChI is InChI=1S/C11H18N2O2/c1-9(10-5-4-8-15-10)13-11(14)6-2-3-7-12/h4-5,8-9H,2-3,6-7,12H2,1H3,(H,13,14)/t9-/m1/s1. The minimum Gasteiger partial charge on any atom is -0.467 e. The highest BCUT2D eigenvalue weighted by Crippen LogP contribution is 2.12. The predicted molar refractivity (Wildman–Crippen MR) is 58.2 cm³/mol. The van der Waals surface area contributed by atoms with Gasteiger partial charge in [0.2, 0.25) is 5.91 Å². The van der Waals surface area contributed by atoms with Crippen LogP contribution >= 0.6 is 0 Å². The van der Waals surface area contributed by atoms with Gasteiger partial charge in [0.05, 0.1) is 12.3 Å². The quantitative estimate of drug-likeness (QED) is 0.700. The zero-order chi connectivity index (χ0) is 11.1. The first-order valence-corrected chi connectivity index (χ1v) is 5.27. The van der Waals surface area contributed by atoms with Gasteiger partial charge in [-0.1, -0.05) is 0 Å². The summed E-state index contributed by atoms with van der Waals surface area (Å²) < 4.78 is 5.19. The molecule has 0 fully saturated rings. The van der Waals surface area contributed by atoms with Gasteiger partial charge < -0.3 is 15.5 Å². The van der Waals surface area contributed by atoms with Crippen molar-refractivity contribution in [3.05, 3.63) is 24.2 Å². The van der Waals surface area contributed by atoms with Gasteiger partial charge in [0.25, 0.3) is 0 Å². The number of rotatable bonds is 6. The number of hydrogen-bond donors (Lipinski definition) is 2. The molecule has 1 atom stereocenters. The molecule has 0 radical (unpaired) electrons. The molecule has 0 unspecified atom stereocenters. The minimum atomic E-state index is -0.0645. The Morgan fingerprint density at radius 1 is 1.60 bits per heavy atom. The Kier molecular flexibility index (Phi) is 4.90. The van der Waals surface area contributed by atoms with Gasteiger partial charge in [-0.3, -0.25) is 4.79 Å². The summed E-state index contributed by atoms with van der Waals surface area (Å²) >= 11 is 0. The van der Waals surface area contributed by atoms with Gasteiger partial charge in [0.1, 0.15) is 5.76 Å². The lowest BCUT2D eigenvalue weighted by atomic mass is 10.2. The van der Waals surface area contributed by atoms with Crippen LogP contribution in [-0.4, -0.2) is 12.5 Å². The number of carbonyl (C=O) groups is 1. The van der Waals surface area contributed by atoms with Crippen molar-refractivity contribution in [3.8, 4) is 0 Å². The monoisotopic (exact) mass is 210 g/mol. The van der Waals surface area contributed by atoms with Crippen LogP contribution in [-0.2, 0) is 4.79 Å². The van der Waals surface area contributed by atoms with Crippen LogP contribution in [0.25, 0.3) is 0 Å². The van der Waals surface area contributed by atoms with Crippen molar-refractivity contribution in [2.75, 3.05) is 6.54 Å². The number of unbranched alkanes of at least 4 members (excludes halogenated alkanes) is 1. The van der Waals surface area contributed by atoms with Crippen LogP contribution in [0.4, 0.5) is 0 Å². The maximum atomic E-state index is 11.4. The van der Waals surface area contributed by atoms with E-state index in [2.05, 4.69) is 5.32 Å². The maximum absolute atomic E-state index is 11.4. The molecule has 84 valence electrons. The molecule has 1 rings (SSSR count). The predicted octanol–water partition coefficient (Wildman–Crippen LogP) is 1.59. The molecule has 1 aromatic rings. The Morgan fingerprint density at radius 3 is 3.00 bits per heavy atom. The molecule has 0 spiro atoms. The fraction of sp³-hybridized carbons (Fsp3) is 0.545. The van der Waals surface area contributed by atoms with Crippen molar-refractivity contribution in [3.63, 3.8) is 0 Å². The molecule has 0 saturated heterocycles. The zero-order valence-corrected chi connectivity index (χ0v) is 9.03. The zero-order valence-electron chi connectivity index (χ0n) is 9.03. The van der Waals surface area contributed by atoms with Crippen molar-refractivity contribution in [2.45, 2.75) is 32.2 Å². The van der Waals surface area contributed by atoms with Gasteiger partial charge in [0, 0.05) is 6.42 Å². The normalized spacial score (nSPS) is 12.4. The first-order chi connectivity index (χ1) is 7.24. The van der Waals surface area contributed by atoms with E-state index < -0.39 is 0 Å². The molecule has 15 heavy (non-hydrogen) atoms. The van der Waals surface area contributed by atoms with E-state index in [4.69, 9.17) is 10.2 Å². The number of amides is 1. The first kappa shape index (κ1) is 11.8. The molecular weight excluding hydrogens is 192 g/mol. The van der Waals surface area contributed by atoms with E-state index in [1.807, 2.05) is 19.1 Å². The number of hydrogen-bond acceptors (Lipinski definition) is 3. The van der Waals surface area contributed by atoms with Gasteiger partial charge in [-0.25, -0.2) is 0 Å². The lowest BCUT2D eigenvalue weighted by Gasteiger charge is -2.10. The van der Waals surface area contributed by atoms with Crippen LogP contribution in [0.5, 0.6) is 0 Å². The van der Waals surface area contributed by atoms with Crippen molar-refractivity contribution in [1.82, 2.24) is 5.32 Å². The van der Waals surface area contributed by atoms with Crippen LogP contribution in [0, 0.1) is 0 Å². The summed E-state index contributed by atoms with van der Waals surface area (Å²) in [4.78, 5) is 11.4. The van der Waals surface area contributed by atoms with E-state index in [1.54, 1.807) is 6.26 Å². The highest BCUT2D eigenvalue weighted by atomic mass is 16.3. The smallest absolute Gasteiger partial charge is 0.220 e. The molecule has 0 aliphatic carbocycles. The molecule has 0 bridgehead atoms. The second kappa shape index (κ2) is 6.24. The van der Waals surface area contributed by atoms with Crippen molar-refractivity contribution >= 4 is 5.91 Å². The topological polar surface area (TPSA) is 68.3 Å². The fourth-order valence-electron chi connectivity index (χ4n) is 1.35. The Morgan fingerprint density at radius 2 is 2.40 bits per heavy atom. The Balaban J connectivity index is 2.26. The molecular formula is C11H18N2O2. The summed E-state index contributed by atoms with van der Waals surface area (Å²) in [6.07, 6.45) is 3.87. The van der Waals surface area contributed by atoms with E-state index in [-0.39, 0.29) is 11.9 Å². The third-order valence-electron chi connectivity index (χ3n) is 2.21. The molecule has 1 amide bonds. The van der Waals surface area contributed by atoms with E-state index in [0.717, 1.165) is 18.6 Å². The van der Waals surface area contributed by atoms with Gasteiger partial charge in [-0.15, -0.1) is 0 Å². The van der Waals surface area contributed by atoms with E-state index in [1.165, 1.54) is 0 Å². The number of carbonyl (C=O) groups excluding carboxylic acids is 1. The van der Waals surface area contributed by atoms with E-state index in [0.29, 0.717) is 13.0 Å². The van der Waals surface area contributed by atoms with Gasteiger partial charge in [-0.05, 0) is 38.4 Å². The SMILES string of the molecule is C[C@@H](NC(=O)CCCCN)c1ccco1. The number of furan rings is 1. The molecule has 0 aromatic carbocycles. The summed E-state index contributed by atoms with van der Waals surface area (Å²) in [5, 5.41) is 2.87. The second-order valence-electron chi connectivity index (χ2n) is 3.55. The Hall–Kier alpha value is -1.29. The third kappa shape index (κ3) is 4.16. The summed E-state index contributed by atoms with van der Waals surface area (Å²) in [5.41, 5.74) is 5.35. The third-order valence-corrected chi connectivity index (χ3v) is 2.21. The van der Waals surface area contributed by atoms with Crippen LogP contribution < -0.4 is 11.1 Å². The first-order valence-electron chi connectivity index (χ1n) is 5.27. The largest absolute Gasteiger partial charge is 0.467 e. The van der Waals surface area contributed by atoms with Crippen LogP contribution in [0.3, 0.4) is 0 Å². The second-order valence-corrected chi connectivity index (χ2v) is 3.55. The molecule has 0 saturated carbocycles. The average molecular weight is 210 g/mol. The lowest BCUT2D eigenvalue weighted by molar-refractivity contribution is -0.121. The Bertz CT molecular complexity index is 283. The van der Waals surface area contributed by atoms with E-state index in [9.17, 15) is 4.79 Å². The number of nitrogens with two attached hydrogens (primary N) is 1. The van der Waals surface area contributed by atoms with Gasteiger partial charge in [-0.2, -0.15) is 0 Å². The molecule has 0 aliphatic heterocycles. The molecule has 0 aliphatic rings. The molecule has 3 N–H and O–H groups in total. The van der Waals surface area contributed by atoms with Crippen molar-refractivity contribution < 1.29 is 9.21 Å².